The Morgan fingerprint density at radius 2 is 1.95 bits per heavy atom. The van der Waals surface area contributed by atoms with Gasteiger partial charge < -0.3 is 15.3 Å². The minimum absolute atomic E-state index is 0.00140. The van der Waals surface area contributed by atoms with Crippen LogP contribution in [0.3, 0.4) is 0 Å². The Morgan fingerprint density at radius 3 is 2.62 bits per heavy atom. The maximum Gasteiger partial charge on any atom is 0.122 e. The van der Waals surface area contributed by atoms with E-state index in [0.29, 0.717) is 18.5 Å². The van der Waals surface area contributed by atoms with Crippen LogP contribution in [-0.2, 0) is 0 Å². The smallest absolute Gasteiger partial charge is 0.122 e. The molecule has 0 aliphatic rings. The second kappa shape index (κ2) is 8.39. The zero-order valence-corrected chi connectivity index (χ0v) is 12.5. The maximum atomic E-state index is 10.2. The number of phenolic OH excluding ortho intramolecular Hbond substituents is 2. The van der Waals surface area contributed by atoms with Gasteiger partial charge in [0.05, 0.1) is 6.10 Å². The van der Waals surface area contributed by atoms with E-state index in [2.05, 4.69) is 10.0 Å². The molecular formula is C15H23N3O3. The van der Waals surface area contributed by atoms with Crippen molar-refractivity contribution in [3.05, 3.63) is 33.7 Å². The van der Waals surface area contributed by atoms with Crippen molar-refractivity contribution < 1.29 is 15.3 Å². The first-order chi connectivity index (χ1) is 9.97. The molecule has 21 heavy (non-hydrogen) atoms. The zero-order chi connectivity index (χ0) is 15.8. The average molecular weight is 293 g/mol. The van der Waals surface area contributed by atoms with Crippen molar-refractivity contribution in [2.45, 2.75) is 51.6 Å². The molecule has 3 N–H and O–H groups in total. The molecule has 0 bridgehead atoms. The molecule has 1 rings (SSSR count). The van der Waals surface area contributed by atoms with E-state index < -0.39 is 6.10 Å². The number of aromatic hydroxyl groups is 2. The molecular weight excluding hydrogens is 270 g/mol. The van der Waals surface area contributed by atoms with Crippen LogP contribution in [0.15, 0.2) is 17.2 Å². The Morgan fingerprint density at radius 1 is 1.24 bits per heavy atom. The fourth-order valence-corrected chi connectivity index (χ4v) is 2.39. The van der Waals surface area contributed by atoms with E-state index in [9.17, 15) is 15.3 Å². The van der Waals surface area contributed by atoms with Crippen molar-refractivity contribution in [2.75, 3.05) is 6.54 Å². The number of rotatable bonds is 8. The first-order valence-electron chi connectivity index (χ1n) is 7.18. The van der Waals surface area contributed by atoms with E-state index >= 15 is 0 Å². The van der Waals surface area contributed by atoms with Gasteiger partial charge in [-0.2, -0.15) is 0 Å². The molecule has 1 aromatic rings. The Hall–Kier alpha value is -1.91. The third-order valence-electron chi connectivity index (χ3n) is 3.79. The van der Waals surface area contributed by atoms with Crippen LogP contribution in [0.2, 0.25) is 0 Å². The van der Waals surface area contributed by atoms with Gasteiger partial charge in [-0.1, -0.05) is 24.9 Å². The summed E-state index contributed by atoms with van der Waals surface area (Å²) in [6.07, 6.45) is 2.65. The molecule has 0 amide bonds. The summed E-state index contributed by atoms with van der Waals surface area (Å²) in [6, 6.07) is 2.89. The van der Waals surface area contributed by atoms with Crippen molar-refractivity contribution >= 4 is 0 Å². The summed E-state index contributed by atoms with van der Waals surface area (Å²) in [7, 11) is 0. The summed E-state index contributed by atoms with van der Waals surface area (Å²) >= 11 is 0. The maximum absolute atomic E-state index is 10.2. The number of aliphatic hydroxyl groups is 1. The summed E-state index contributed by atoms with van der Waals surface area (Å²) in [6.45, 7) is 4.14. The van der Waals surface area contributed by atoms with Crippen molar-refractivity contribution in [1.82, 2.24) is 0 Å². The highest BCUT2D eigenvalue weighted by Crippen LogP contribution is 2.33. The van der Waals surface area contributed by atoms with Gasteiger partial charge in [0.1, 0.15) is 11.5 Å². The number of hydrogen-bond donors (Lipinski definition) is 3. The number of azide groups is 1. The molecule has 0 heterocycles. The third kappa shape index (κ3) is 5.17. The Balaban J connectivity index is 2.54. The molecule has 0 radical (unpaired) electrons. The molecule has 0 aliphatic carbocycles. The topological polar surface area (TPSA) is 109 Å². The minimum atomic E-state index is -0.538. The average Bonchev–Trinajstić information content (AvgIpc) is 2.45. The highest BCUT2D eigenvalue weighted by Gasteiger charge is 2.19. The second-order valence-corrected chi connectivity index (χ2v) is 5.34. The lowest BCUT2D eigenvalue weighted by Crippen LogP contribution is -2.16. The highest BCUT2D eigenvalue weighted by molar-refractivity contribution is 5.46. The monoisotopic (exact) mass is 293 g/mol. The molecule has 1 aromatic carbocycles. The van der Waals surface area contributed by atoms with E-state index in [4.69, 9.17) is 5.53 Å². The lowest BCUT2D eigenvalue weighted by atomic mass is 9.88. The number of hydrogen-bond acceptors (Lipinski definition) is 4. The van der Waals surface area contributed by atoms with Crippen LogP contribution in [0, 0.1) is 6.92 Å². The summed E-state index contributed by atoms with van der Waals surface area (Å²) in [5.41, 5.74) is 9.60. The van der Waals surface area contributed by atoms with Crippen LogP contribution in [-0.4, -0.2) is 28.0 Å². The van der Waals surface area contributed by atoms with Crippen LogP contribution < -0.4 is 0 Å². The van der Waals surface area contributed by atoms with Crippen LogP contribution in [0.5, 0.6) is 11.5 Å². The number of nitrogens with zero attached hydrogens (tertiary/aromatic N) is 3. The minimum Gasteiger partial charge on any atom is -0.508 e. The van der Waals surface area contributed by atoms with Gasteiger partial charge in [-0.25, -0.2) is 0 Å². The van der Waals surface area contributed by atoms with Crippen LogP contribution in [0.25, 0.3) is 10.4 Å². The number of unbranched alkanes of at least 4 members (excludes halogenated alkanes) is 2. The van der Waals surface area contributed by atoms with E-state index in [0.717, 1.165) is 24.8 Å². The summed E-state index contributed by atoms with van der Waals surface area (Å²) < 4.78 is 0. The Labute approximate surface area is 124 Å². The fraction of sp³-hybridized carbons (Fsp3) is 0.600. The van der Waals surface area contributed by atoms with E-state index in [-0.39, 0.29) is 17.4 Å². The summed E-state index contributed by atoms with van der Waals surface area (Å²) in [5, 5.41) is 33.0. The first kappa shape index (κ1) is 17.1. The van der Waals surface area contributed by atoms with Gasteiger partial charge in [-0.15, -0.1) is 0 Å². The normalized spacial score (nSPS) is 13.5. The van der Waals surface area contributed by atoms with Gasteiger partial charge in [0.2, 0.25) is 0 Å². The fourth-order valence-electron chi connectivity index (χ4n) is 2.39. The largest absolute Gasteiger partial charge is 0.508 e. The lowest BCUT2D eigenvalue weighted by molar-refractivity contribution is 0.136. The summed E-state index contributed by atoms with van der Waals surface area (Å²) in [5.74, 6) is -0.125. The van der Waals surface area contributed by atoms with Gasteiger partial charge in [-0.3, -0.25) is 0 Å². The van der Waals surface area contributed by atoms with Crippen molar-refractivity contribution in [3.63, 3.8) is 0 Å². The zero-order valence-electron chi connectivity index (χ0n) is 12.5. The molecule has 2 atom stereocenters. The standard InChI is InChI=1S/C15H23N3O3/c1-10(13-8-12(19)9-15(21)11(13)2)14(20)6-4-3-5-7-17-18-16/h8-10,14,19-21H,3-7H2,1-2H3/t10-,14+/m0/s1. The predicted molar refractivity (Wildman–Crippen MR) is 81.4 cm³/mol. The summed E-state index contributed by atoms with van der Waals surface area (Å²) in [4.78, 5) is 2.69. The Kier molecular flexibility index (Phi) is 6.85. The van der Waals surface area contributed by atoms with Gasteiger partial charge in [0, 0.05) is 23.4 Å². The second-order valence-electron chi connectivity index (χ2n) is 5.34. The highest BCUT2D eigenvalue weighted by atomic mass is 16.3. The van der Waals surface area contributed by atoms with Gasteiger partial charge in [0.15, 0.2) is 0 Å². The molecule has 0 saturated carbocycles. The third-order valence-corrected chi connectivity index (χ3v) is 3.79. The molecule has 0 fully saturated rings. The number of phenols is 2. The molecule has 116 valence electrons. The van der Waals surface area contributed by atoms with Crippen LogP contribution in [0.1, 0.15) is 49.7 Å². The van der Waals surface area contributed by atoms with Crippen molar-refractivity contribution in [2.24, 2.45) is 5.11 Å². The predicted octanol–water partition coefficient (Wildman–Crippen LogP) is 3.74. The number of benzene rings is 1. The lowest BCUT2D eigenvalue weighted by Gasteiger charge is -2.21. The molecule has 0 unspecified atom stereocenters. The van der Waals surface area contributed by atoms with Gasteiger partial charge in [0.25, 0.3) is 0 Å². The number of aliphatic hydroxyl groups excluding tert-OH is 1. The molecule has 0 saturated heterocycles. The van der Waals surface area contributed by atoms with Crippen LogP contribution in [0.4, 0.5) is 0 Å². The molecule has 6 nitrogen and oxygen atoms in total. The quantitative estimate of drug-likeness (QED) is 0.294. The Bertz CT molecular complexity index is 513. The molecule has 0 spiro atoms. The first-order valence-corrected chi connectivity index (χ1v) is 7.18. The van der Waals surface area contributed by atoms with Gasteiger partial charge in [-0.05, 0) is 42.5 Å². The molecule has 0 aliphatic heterocycles. The molecule has 6 heteroatoms. The molecule has 0 aromatic heterocycles. The SMILES string of the molecule is Cc1c(O)cc(O)cc1[C@H](C)[C@H](O)CCCCCN=[N+]=[N-]. The van der Waals surface area contributed by atoms with E-state index in [1.54, 1.807) is 13.0 Å². The van der Waals surface area contributed by atoms with Crippen molar-refractivity contribution in [3.8, 4) is 11.5 Å². The van der Waals surface area contributed by atoms with E-state index in [1.807, 2.05) is 6.92 Å². The van der Waals surface area contributed by atoms with Gasteiger partial charge >= 0.3 is 0 Å². The van der Waals surface area contributed by atoms with Crippen molar-refractivity contribution in [1.29, 1.82) is 0 Å². The van der Waals surface area contributed by atoms with E-state index in [1.165, 1.54) is 6.07 Å². The van der Waals surface area contributed by atoms with Crippen LogP contribution >= 0.6 is 0 Å².